The number of nitro benzene ring substituents is 1. The van der Waals surface area contributed by atoms with Crippen LogP contribution in [0.2, 0.25) is 20.1 Å². The zero-order valence-corrected chi connectivity index (χ0v) is 18.0. The molecule has 1 N–H and O–H groups in total. The van der Waals surface area contributed by atoms with Gasteiger partial charge in [-0.25, -0.2) is 0 Å². The monoisotopic (exact) mass is 476 g/mol. The van der Waals surface area contributed by atoms with E-state index >= 15 is 0 Å². The molecule has 0 saturated carbocycles. The Hall–Kier alpha value is -1.77. The van der Waals surface area contributed by atoms with Gasteiger partial charge in [0, 0.05) is 44.0 Å². The molecule has 0 aromatic heterocycles. The minimum absolute atomic E-state index is 0.0539. The fourth-order valence-corrected chi connectivity index (χ4v) is 3.94. The van der Waals surface area contributed by atoms with Crippen molar-refractivity contribution < 1.29 is 9.72 Å². The number of nitrogens with one attached hydrogen (secondary N) is 1. The van der Waals surface area contributed by atoms with Crippen LogP contribution in [0.15, 0.2) is 30.3 Å². The van der Waals surface area contributed by atoms with Crippen molar-refractivity contribution in [3.63, 3.8) is 0 Å². The third-order valence-corrected chi connectivity index (χ3v) is 6.10. The summed E-state index contributed by atoms with van der Waals surface area (Å²) in [4.78, 5) is 27.0. The number of anilines is 2. The van der Waals surface area contributed by atoms with E-state index in [1.54, 1.807) is 12.1 Å². The maximum Gasteiger partial charge on any atom is 0.271 e. The first kappa shape index (κ1) is 21.9. The van der Waals surface area contributed by atoms with E-state index < -0.39 is 4.92 Å². The zero-order chi connectivity index (χ0) is 21.1. The molecule has 0 bridgehead atoms. The van der Waals surface area contributed by atoms with Gasteiger partial charge in [0.25, 0.3) is 5.69 Å². The lowest BCUT2D eigenvalue weighted by atomic mass is 10.2. The molecule has 0 aliphatic carbocycles. The molecule has 7 nitrogen and oxygen atoms in total. The molecule has 0 radical (unpaired) electrons. The standard InChI is InChI=1S/C18H16Cl4N4O3/c19-13-9-14(20)17(22)18(16(13)21)23-15(27)10-24-4-6-25(7-5-24)11-2-1-3-12(8-11)26(28)29/h1-3,8-9H,4-7,10H2,(H,23,27). The maximum absolute atomic E-state index is 12.4. The molecule has 2 aromatic rings. The Labute approximate surface area is 187 Å². The van der Waals surface area contributed by atoms with Gasteiger partial charge in [-0.15, -0.1) is 0 Å². The predicted octanol–water partition coefficient (Wildman–Crippen LogP) is 4.97. The van der Waals surface area contributed by atoms with Gasteiger partial charge >= 0.3 is 0 Å². The van der Waals surface area contributed by atoms with Crippen LogP contribution in [-0.4, -0.2) is 48.5 Å². The zero-order valence-electron chi connectivity index (χ0n) is 15.0. The number of benzene rings is 2. The summed E-state index contributed by atoms with van der Waals surface area (Å²) >= 11 is 24.2. The van der Waals surface area contributed by atoms with Crippen molar-refractivity contribution in [1.29, 1.82) is 0 Å². The molecule has 1 heterocycles. The van der Waals surface area contributed by atoms with Crippen LogP contribution in [0.3, 0.4) is 0 Å². The molecule has 3 rings (SSSR count). The highest BCUT2D eigenvalue weighted by atomic mass is 35.5. The number of hydrogen-bond acceptors (Lipinski definition) is 5. The number of rotatable bonds is 5. The van der Waals surface area contributed by atoms with E-state index in [4.69, 9.17) is 46.4 Å². The normalized spacial score (nSPS) is 14.7. The second-order valence-corrected chi connectivity index (χ2v) is 8.00. The summed E-state index contributed by atoms with van der Waals surface area (Å²) < 4.78 is 0. The van der Waals surface area contributed by atoms with Crippen molar-refractivity contribution >= 4 is 69.4 Å². The molecule has 0 atom stereocenters. The molecule has 1 fully saturated rings. The third-order valence-electron chi connectivity index (χ3n) is 4.52. The molecule has 11 heteroatoms. The number of piperazine rings is 1. The molecule has 1 aliphatic heterocycles. The molecule has 1 saturated heterocycles. The SMILES string of the molecule is O=C(CN1CCN(c2cccc([N+](=O)[O-])c2)CC1)Nc1c(Cl)c(Cl)cc(Cl)c1Cl. The Balaban J connectivity index is 1.58. The van der Waals surface area contributed by atoms with E-state index in [1.165, 1.54) is 12.1 Å². The van der Waals surface area contributed by atoms with Crippen LogP contribution in [0.5, 0.6) is 0 Å². The van der Waals surface area contributed by atoms with Crippen molar-refractivity contribution in [1.82, 2.24) is 4.90 Å². The van der Waals surface area contributed by atoms with Crippen LogP contribution in [0.1, 0.15) is 0 Å². The fourth-order valence-electron chi connectivity index (χ4n) is 3.03. The van der Waals surface area contributed by atoms with Gasteiger partial charge < -0.3 is 10.2 Å². The summed E-state index contributed by atoms with van der Waals surface area (Å²) in [6, 6.07) is 7.92. The predicted molar refractivity (Wildman–Crippen MR) is 117 cm³/mol. The van der Waals surface area contributed by atoms with Gasteiger partial charge in [0.2, 0.25) is 5.91 Å². The molecule has 29 heavy (non-hydrogen) atoms. The van der Waals surface area contributed by atoms with E-state index in [0.29, 0.717) is 26.2 Å². The first-order valence-electron chi connectivity index (χ1n) is 8.61. The Morgan fingerprint density at radius 2 is 1.66 bits per heavy atom. The van der Waals surface area contributed by atoms with Crippen molar-refractivity contribution in [2.24, 2.45) is 0 Å². The molecular formula is C18H16Cl4N4O3. The van der Waals surface area contributed by atoms with Crippen molar-refractivity contribution in [2.45, 2.75) is 0 Å². The van der Waals surface area contributed by atoms with Crippen molar-refractivity contribution in [3.05, 3.63) is 60.5 Å². The number of amides is 1. The van der Waals surface area contributed by atoms with E-state index in [-0.39, 0.29) is 43.9 Å². The Kier molecular flexibility index (Phi) is 7.08. The summed E-state index contributed by atoms with van der Waals surface area (Å²) in [5.41, 5.74) is 1.03. The van der Waals surface area contributed by atoms with Crippen LogP contribution in [-0.2, 0) is 4.79 Å². The topological polar surface area (TPSA) is 78.7 Å². The average Bonchev–Trinajstić information content (AvgIpc) is 2.70. The molecule has 0 spiro atoms. The van der Waals surface area contributed by atoms with Crippen LogP contribution in [0.4, 0.5) is 17.1 Å². The number of carbonyl (C=O) groups excluding carboxylic acids is 1. The van der Waals surface area contributed by atoms with Crippen molar-refractivity contribution in [3.8, 4) is 0 Å². The second kappa shape index (κ2) is 9.36. The van der Waals surface area contributed by atoms with Gasteiger partial charge in [-0.2, -0.15) is 0 Å². The summed E-state index contributed by atoms with van der Waals surface area (Å²) in [7, 11) is 0. The number of hydrogen-bond donors (Lipinski definition) is 1. The number of halogens is 4. The van der Waals surface area contributed by atoms with Gasteiger partial charge in [0.05, 0.1) is 37.2 Å². The van der Waals surface area contributed by atoms with Gasteiger partial charge in [0.1, 0.15) is 0 Å². The summed E-state index contributed by atoms with van der Waals surface area (Å²) in [5, 5.41) is 14.3. The first-order chi connectivity index (χ1) is 13.8. The largest absolute Gasteiger partial charge is 0.369 e. The lowest BCUT2D eigenvalue weighted by Gasteiger charge is -2.35. The lowest BCUT2D eigenvalue weighted by Crippen LogP contribution is -2.48. The average molecular weight is 478 g/mol. The van der Waals surface area contributed by atoms with E-state index in [9.17, 15) is 14.9 Å². The quantitative estimate of drug-likeness (QED) is 0.373. The van der Waals surface area contributed by atoms with Crippen LogP contribution in [0, 0.1) is 10.1 Å². The van der Waals surface area contributed by atoms with Gasteiger partial charge in [-0.1, -0.05) is 52.5 Å². The molecule has 2 aromatic carbocycles. The molecule has 1 aliphatic rings. The smallest absolute Gasteiger partial charge is 0.271 e. The van der Waals surface area contributed by atoms with E-state index in [0.717, 1.165) is 5.69 Å². The van der Waals surface area contributed by atoms with E-state index in [2.05, 4.69) is 5.32 Å². The minimum atomic E-state index is -0.414. The van der Waals surface area contributed by atoms with Crippen LogP contribution >= 0.6 is 46.4 Å². The minimum Gasteiger partial charge on any atom is -0.369 e. The maximum atomic E-state index is 12.4. The highest BCUT2D eigenvalue weighted by Crippen LogP contribution is 2.41. The summed E-state index contributed by atoms with van der Waals surface area (Å²) in [6.07, 6.45) is 0. The Morgan fingerprint density at radius 1 is 1.03 bits per heavy atom. The third kappa shape index (κ3) is 5.24. The van der Waals surface area contributed by atoms with Gasteiger partial charge in [-0.05, 0) is 12.1 Å². The summed E-state index contributed by atoms with van der Waals surface area (Å²) in [6.45, 7) is 2.65. The number of nitrogens with zero attached hydrogens (tertiary/aromatic N) is 3. The number of carbonyl (C=O) groups is 1. The molecule has 0 unspecified atom stereocenters. The fraction of sp³-hybridized carbons (Fsp3) is 0.278. The van der Waals surface area contributed by atoms with E-state index in [1.807, 2.05) is 15.9 Å². The van der Waals surface area contributed by atoms with Gasteiger partial charge in [-0.3, -0.25) is 19.8 Å². The highest BCUT2D eigenvalue weighted by Gasteiger charge is 2.22. The molecular weight excluding hydrogens is 462 g/mol. The first-order valence-corrected chi connectivity index (χ1v) is 10.1. The van der Waals surface area contributed by atoms with Crippen molar-refractivity contribution in [2.75, 3.05) is 42.9 Å². The Bertz CT molecular complexity index is 923. The molecule has 154 valence electrons. The second-order valence-electron chi connectivity index (χ2n) is 6.43. The Morgan fingerprint density at radius 3 is 2.24 bits per heavy atom. The van der Waals surface area contributed by atoms with Crippen LogP contribution in [0.25, 0.3) is 0 Å². The van der Waals surface area contributed by atoms with Crippen LogP contribution < -0.4 is 10.2 Å². The number of non-ortho nitro benzene ring substituents is 1. The number of nitro groups is 1. The summed E-state index contributed by atoms with van der Waals surface area (Å²) in [5.74, 6) is -0.295. The van der Waals surface area contributed by atoms with Gasteiger partial charge in [0.15, 0.2) is 0 Å². The lowest BCUT2D eigenvalue weighted by molar-refractivity contribution is -0.384. The molecule has 1 amide bonds. The highest BCUT2D eigenvalue weighted by molar-refractivity contribution is 6.50.